The van der Waals surface area contributed by atoms with Crippen molar-refractivity contribution < 1.29 is 17.9 Å². The quantitative estimate of drug-likeness (QED) is 0.882. The molecule has 0 bridgehead atoms. The molecular formula is C14H23N3O4S. The normalized spacial score (nSPS) is 25.9. The van der Waals surface area contributed by atoms with Gasteiger partial charge in [-0.1, -0.05) is 6.92 Å². The van der Waals surface area contributed by atoms with Crippen molar-refractivity contribution in [2.75, 3.05) is 38.7 Å². The lowest BCUT2D eigenvalue weighted by Crippen LogP contribution is -2.51. The molecule has 1 aromatic heterocycles. The molecule has 3 heterocycles. The number of H-pyrrole nitrogens is 1. The number of rotatable bonds is 4. The van der Waals surface area contributed by atoms with E-state index < -0.39 is 10.0 Å². The van der Waals surface area contributed by atoms with Crippen LogP contribution in [0.4, 0.5) is 0 Å². The van der Waals surface area contributed by atoms with E-state index in [1.807, 2.05) is 20.8 Å². The summed E-state index contributed by atoms with van der Waals surface area (Å²) in [4.78, 5) is 0. The maximum absolute atomic E-state index is 12.9. The van der Waals surface area contributed by atoms with E-state index in [0.29, 0.717) is 33.0 Å². The van der Waals surface area contributed by atoms with Gasteiger partial charge >= 0.3 is 0 Å². The molecule has 7 nitrogen and oxygen atoms in total. The Balaban J connectivity index is 1.89. The second kappa shape index (κ2) is 5.59. The topological polar surface area (TPSA) is 84.5 Å². The molecule has 1 unspecified atom stereocenters. The number of aromatic nitrogens is 2. The minimum Gasteiger partial charge on any atom is -0.380 e. The summed E-state index contributed by atoms with van der Waals surface area (Å²) in [6.07, 6.45) is 0. The number of hydrogen-bond acceptors (Lipinski definition) is 5. The van der Waals surface area contributed by atoms with Gasteiger partial charge in [0.15, 0.2) is 0 Å². The molecule has 3 rings (SSSR count). The van der Waals surface area contributed by atoms with E-state index in [2.05, 4.69) is 10.2 Å². The largest absolute Gasteiger partial charge is 0.380 e. The minimum absolute atomic E-state index is 0.118. The van der Waals surface area contributed by atoms with Gasteiger partial charge in [0.05, 0.1) is 43.9 Å². The van der Waals surface area contributed by atoms with Crippen molar-refractivity contribution in [1.29, 1.82) is 0 Å². The molecule has 124 valence electrons. The molecule has 0 aromatic carbocycles. The Morgan fingerprint density at radius 3 is 2.64 bits per heavy atom. The van der Waals surface area contributed by atoms with Crippen LogP contribution in [0.3, 0.4) is 0 Å². The maximum Gasteiger partial charge on any atom is 0.215 e. The average molecular weight is 329 g/mol. The number of aryl methyl sites for hydroxylation is 2. The fourth-order valence-electron chi connectivity index (χ4n) is 3.26. The molecule has 1 atom stereocenters. The first kappa shape index (κ1) is 15.9. The minimum atomic E-state index is -3.38. The summed E-state index contributed by atoms with van der Waals surface area (Å²) in [5.41, 5.74) is 2.37. The van der Waals surface area contributed by atoms with Crippen molar-refractivity contribution >= 4 is 10.0 Å². The van der Waals surface area contributed by atoms with Crippen LogP contribution in [0.15, 0.2) is 0 Å². The first-order chi connectivity index (χ1) is 10.3. The van der Waals surface area contributed by atoms with Crippen LogP contribution in [-0.2, 0) is 19.5 Å². The smallest absolute Gasteiger partial charge is 0.215 e. The number of hydrogen-bond donors (Lipinski definition) is 1. The highest BCUT2D eigenvalue weighted by molar-refractivity contribution is 7.89. The molecule has 2 aliphatic rings. The van der Waals surface area contributed by atoms with Crippen LogP contribution in [0, 0.1) is 19.3 Å². The lowest BCUT2D eigenvalue weighted by Gasteiger charge is -2.41. The van der Waals surface area contributed by atoms with E-state index in [1.54, 1.807) is 4.31 Å². The zero-order valence-electron chi connectivity index (χ0n) is 13.3. The molecule has 0 amide bonds. The molecule has 2 saturated heterocycles. The maximum atomic E-state index is 12.9. The number of sulfonamides is 1. The second-order valence-corrected chi connectivity index (χ2v) is 8.53. The summed E-state index contributed by atoms with van der Waals surface area (Å²) < 4.78 is 38.1. The second-order valence-electron chi connectivity index (χ2n) is 6.61. The molecule has 2 aliphatic heterocycles. The summed E-state index contributed by atoms with van der Waals surface area (Å²) in [5.74, 6) is 0.118. The highest BCUT2D eigenvalue weighted by atomic mass is 32.2. The Kier molecular flexibility index (Phi) is 4.05. The molecule has 0 spiro atoms. The molecule has 8 heteroatoms. The van der Waals surface area contributed by atoms with Crippen molar-refractivity contribution in [3.8, 4) is 0 Å². The van der Waals surface area contributed by atoms with Crippen molar-refractivity contribution in [3.05, 3.63) is 17.0 Å². The van der Waals surface area contributed by atoms with Gasteiger partial charge in [0.1, 0.15) is 0 Å². The Morgan fingerprint density at radius 2 is 2.09 bits per heavy atom. The lowest BCUT2D eigenvalue weighted by molar-refractivity contribution is -0.0878. The highest BCUT2D eigenvalue weighted by Crippen LogP contribution is 2.35. The van der Waals surface area contributed by atoms with Gasteiger partial charge in [-0.2, -0.15) is 9.40 Å². The van der Waals surface area contributed by atoms with E-state index in [-0.39, 0.29) is 17.2 Å². The fraction of sp³-hybridized carbons (Fsp3) is 0.786. The molecular weight excluding hydrogens is 306 g/mol. The summed E-state index contributed by atoms with van der Waals surface area (Å²) >= 11 is 0. The summed E-state index contributed by atoms with van der Waals surface area (Å²) in [7, 11) is -3.38. The summed E-state index contributed by atoms with van der Waals surface area (Å²) in [5, 5.41) is 7.12. The fourth-order valence-corrected chi connectivity index (χ4v) is 5.38. The van der Waals surface area contributed by atoms with Crippen LogP contribution >= 0.6 is 0 Å². The van der Waals surface area contributed by atoms with E-state index >= 15 is 0 Å². The number of ether oxygens (including phenoxy) is 2. The monoisotopic (exact) mass is 329 g/mol. The Morgan fingerprint density at radius 1 is 1.36 bits per heavy atom. The third-order valence-corrected chi connectivity index (χ3v) is 6.60. The summed E-state index contributed by atoms with van der Waals surface area (Å²) in [6, 6.07) is -0.304. The van der Waals surface area contributed by atoms with E-state index in [0.717, 1.165) is 17.0 Å². The first-order valence-electron chi connectivity index (χ1n) is 7.49. The van der Waals surface area contributed by atoms with Gasteiger partial charge in [-0.25, -0.2) is 8.42 Å². The summed E-state index contributed by atoms with van der Waals surface area (Å²) in [6.45, 7) is 7.95. The van der Waals surface area contributed by atoms with E-state index in [9.17, 15) is 8.42 Å². The third-order valence-electron chi connectivity index (χ3n) is 4.39. The lowest BCUT2D eigenvalue weighted by atomic mass is 9.92. The molecule has 0 saturated carbocycles. The van der Waals surface area contributed by atoms with Gasteiger partial charge in [-0.3, -0.25) is 5.10 Å². The van der Waals surface area contributed by atoms with E-state index in [1.165, 1.54) is 0 Å². The van der Waals surface area contributed by atoms with Crippen LogP contribution in [-0.4, -0.2) is 61.6 Å². The average Bonchev–Trinajstić information content (AvgIpc) is 2.76. The number of nitrogens with zero attached hydrogens (tertiary/aromatic N) is 2. The number of aromatic amines is 1. The van der Waals surface area contributed by atoms with Crippen molar-refractivity contribution in [3.63, 3.8) is 0 Å². The zero-order chi connectivity index (χ0) is 16.0. The third kappa shape index (κ3) is 2.80. The van der Waals surface area contributed by atoms with Crippen LogP contribution in [0.2, 0.25) is 0 Å². The predicted octanol–water partition coefficient (Wildman–Crippen LogP) is 0.766. The molecule has 1 N–H and O–H groups in total. The molecule has 0 aliphatic carbocycles. The van der Waals surface area contributed by atoms with Gasteiger partial charge in [0.2, 0.25) is 10.0 Å². The predicted molar refractivity (Wildman–Crippen MR) is 81.0 cm³/mol. The van der Waals surface area contributed by atoms with Gasteiger partial charge in [0, 0.05) is 23.2 Å². The van der Waals surface area contributed by atoms with Crippen LogP contribution < -0.4 is 0 Å². The SMILES string of the molecule is Cc1n[nH]c(C)c1C1COCCN1S(=O)(=O)CC1(C)COC1. The van der Waals surface area contributed by atoms with Crippen LogP contribution in [0.25, 0.3) is 0 Å². The Hall–Kier alpha value is -0.960. The van der Waals surface area contributed by atoms with Gasteiger partial charge in [-0.05, 0) is 13.8 Å². The van der Waals surface area contributed by atoms with Crippen molar-refractivity contribution in [2.24, 2.45) is 5.41 Å². The number of morpholine rings is 1. The molecule has 2 fully saturated rings. The Labute approximate surface area is 131 Å². The van der Waals surface area contributed by atoms with Crippen molar-refractivity contribution in [1.82, 2.24) is 14.5 Å². The highest BCUT2D eigenvalue weighted by Gasteiger charge is 2.43. The van der Waals surface area contributed by atoms with Crippen LogP contribution in [0.1, 0.15) is 29.9 Å². The molecule has 0 radical (unpaired) electrons. The van der Waals surface area contributed by atoms with Crippen LogP contribution in [0.5, 0.6) is 0 Å². The molecule has 1 aromatic rings. The van der Waals surface area contributed by atoms with Gasteiger partial charge in [0.25, 0.3) is 0 Å². The Bertz CT molecular complexity index is 632. The van der Waals surface area contributed by atoms with Crippen molar-refractivity contribution in [2.45, 2.75) is 26.8 Å². The standard InChI is InChI=1S/C14H23N3O4S/c1-10-13(11(2)16-15-10)12-6-20-5-4-17(12)22(18,19)9-14(3)7-21-8-14/h12H,4-9H2,1-3H3,(H,15,16). The first-order valence-corrected chi connectivity index (χ1v) is 9.10. The van der Waals surface area contributed by atoms with E-state index in [4.69, 9.17) is 9.47 Å². The zero-order valence-corrected chi connectivity index (χ0v) is 14.1. The molecule has 22 heavy (non-hydrogen) atoms. The van der Waals surface area contributed by atoms with Gasteiger partial charge in [-0.15, -0.1) is 0 Å². The number of nitrogens with one attached hydrogen (secondary N) is 1. The van der Waals surface area contributed by atoms with Gasteiger partial charge < -0.3 is 9.47 Å².